The van der Waals surface area contributed by atoms with E-state index in [2.05, 4.69) is 0 Å². The van der Waals surface area contributed by atoms with Crippen molar-refractivity contribution in [2.45, 2.75) is 45.2 Å². The second-order valence-corrected chi connectivity index (χ2v) is 5.95. The minimum Gasteiger partial charge on any atom is -0.493 e. The van der Waals surface area contributed by atoms with E-state index in [1.54, 1.807) is 7.11 Å². The van der Waals surface area contributed by atoms with E-state index in [-0.39, 0.29) is 24.6 Å². The highest BCUT2D eigenvalue weighted by atomic mass is 16.5. The Balaban J connectivity index is 2.00. The molecule has 1 saturated heterocycles. The van der Waals surface area contributed by atoms with Crippen LogP contribution in [0.25, 0.3) is 0 Å². The Morgan fingerprint density at radius 2 is 2.18 bits per heavy atom. The molecule has 122 valence electrons. The third-order valence-electron chi connectivity index (χ3n) is 4.15. The predicted molar refractivity (Wildman–Crippen MR) is 86.2 cm³/mol. The summed E-state index contributed by atoms with van der Waals surface area (Å²) in [5.74, 6) is 1.23. The van der Waals surface area contributed by atoms with Gasteiger partial charge < -0.3 is 20.1 Å². The number of hydrogen-bond donors (Lipinski definition) is 1. The summed E-state index contributed by atoms with van der Waals surface area (Å²) in [4.78, 5) is 14.3. The highest BCUT2D eigenvalue weighted by molar-refractivity contribution is 5.78. The third-order valence-corrected chi connectivity index (χ3v) is 4.15. The number of rotatable bonds is 5. The zero-order valence-corrected chi connectivity index (χ0v) is 13.7. The normalized spacial score (nSPS) is 19.6. The smallest absolute Gasteiger partial charge is 0.260 e. The van der Waals surface area contributed by atoms with Gasteiger partial charge in [0, 0.05) is 18.6 Å². The van der Waals surface area contributed by atoms with Crippen LogP contribution in [0.1, 0.15) is 31.7 Å². The lowest BCUT2D eigenvalue weighted by atomic mass is 9.97. The Morgan fingerprint density at radius 1 is 1.41 bits per heavy atom. The zero-order valence-electron chi connectivity index (χ0n) is 13.7. The Bertz CT molecular complexity index is 517. The number of piperidine rings is 1. The van der Waals surface area contributed by atoms with E-state index in [9.17, 15) is 4.79 Å². The number of nitrogens with two attached hydrogens (primary N) is 1. The van der Waals surface area contributed by atoms with Crippen molar-refractivity contribution < 1.29 is 14.3 Å². The van der Waals surface area contributed by atoms with E-state index in [1.807, 2.05) is 36.9 Å². The predicted octanol–water partition coefficient (Wildman–Crippen LogP) is 2.11. The first-order valence-corrected chi connectivity index (χ1v) is 7.85. The van der Waals surface area contributed by atoms with Crippen molar-refractivity contribution in [3.8, 4) is 11.5 Å². The van der Waals surface area contributed by atoms with Gasteiger partial charge in [-0.1, -0.05) is 6.07 Å². The molecule has 0 saturated carbocycles. The SMILES string of the molecule is COc1cc(C)ccc1OCC(=O)N1CCCC[C@H]1[C@H](C)N. The van der Waals surface area contributed by atoms with Crippen molar-refractivity contribution in [1.82, 2.24) is 4.90 Å². The Morgan fingerprint density at radius 3 is 2.86 bits per heavy atom. The van der Waals surface area contributed by atoms with Gasteiger partial charge in [-0.25, -0.2) is 0 Å². The van der Waals surface area contributed by atoms with Gasteiger partial charge in [-0.2, -0.15) is 0 Å². The summed E-state index contributed by atoms with van der Waals surface area (Å²) in [6, 6.07) is 5.77. The highest BCUT2D eigenvalue weighted by Crippen LogP contribution is 2.28. The Kier molecular flexibility index (Phi) is 5.66. The molecule has 2 atom stereocenters. The molecule has 0 bridgehead atoms. The summed E-state index contributed by atoms with van der Waals surface area (Å²) in [7, 11) is 1.60. The fourth-order valence-corrected chi connectivity index (χ4v) is 2.93. The minimum atomic E-state index is -0.0156. The van der Waals surface area contributed by atoms with Gasteiger partial charge >= 0.3 is 0 Å². The molecule has 0 radical (unpaired) electrons. The lowest BCUT2D eigenvalue weighted by molar-refractivity contribution is -0.137. The summed E-state index contributed by atoms with van der Waals surface area (Å²) in [5, 5.41) is 0. The summed E-state index contributed by atoms with van der Waals surface area (Å²) in [6.45, 7) is 4.72. The van der Waals surface area contributed by atoms with Gasteiger partial charge in [-0.3, -0.25) is 4.79 Å². The molecule has 1 amide bonds. The molecule has 22 heavy (non-hydrogen) atoms. The van der Waals surface area contributed by atoms with Crippen molar-refractivity contribution in [2.24, 2.45) is 5.73 Å². The van der Waals surface area contributed by atoms with Crippen LogP contribution in [0.3, 0.4) is 0 Å². The van der Waals surface area contributed by atoms with Gasteiger partial charge in [-0.15, -0.1) is 0 Å². The molecule has 1 aromatic carbocycles. The fourth-order valence-electron chi connectivity index (χ4n) is 2.93. The molecule has 1 aromatic rings. The van der Waals surface area contributed by atoms with Crippen molar-refractivity contribution in [3.63, 3.8) is 0 Å². The first-order valence-electron chi connectivity index (χ1n) is 7.85. The number of ether oxygens (including phenoxy) is 2. The summed E-state index contributed by atoms with van der Waals surface area (Å²) in [6.07, 6.45) is 3.13. The van der Waals surface area contributed by atoms with Crippen LogP contribution in [-0.2, 0) is 4.79 Å². The standard InChI is InChI=1S/C17H26N2O3/c1-12-7-8-15(16(10-12)21-3)22-11-17(20)19-9-5-4-6-14(19)13(2)18/h7-8,10,13-14H,4-6,9,11,18H2,1-3H3/t13-,14-/m0/s1. The molecule has 1 aliphatic rings. The summed E-state index contributed by atoms with van der Waals surface area (Å²) < 4.78 is 11.0. The average molecular weight is 306 g/mol. The Labute approximate surface area is 132 Å². The number of nitrogens with zero attached hydrogens (tertiary/aromatic N) is 1. The lowest BCUT2D eigenvalue weighted by Crippen LogP contribution is -2.52. The lowest BCUT2D eigenvalue weighted by Gasteiger charge is -2.38. The number of hydrogen-bond acceptors (Lipinski definition) is 4. The van der Waals surface area contributed by atoms with Gasteiger partial charge in [0.25, 0.3) is 5.91 Å². The number of amides is 1. The van der Waals surface area contributed by atoms with Crippen LogP contribution >= 0.6 is 0 Å². The van der Waals surface area contributed by atoms with E-state index in [0.717, 1.165) is 31.4 Å². The molecule has 2 rings (SSSR count). The van der Waals surface area contributed by atoms with Crippen molar-refractivity contribution in [2.75, 3.05) is 20.3 Å². The van der Waals surface area contributed by atoms with Gasteiger partial charge in [0.15, 0.2) is 18.1 Å². The van der Waals surface area contributed by atoms with E-state index in [1.165, 1.54) is 0 Å². The van der Waals surface area contributed by atoms with Crippen LogP contribution in [0.4, 0.5) is 0 Å². The van der Waals surface area contributed by atoms with Crippen LogP contribution in [0.5, 0.6) is 11.5 Å². The molecule has 0 unspecified atom stereocenters. The third kappa shape index (κ3) is 3.91. The number of aryl methyl sites for hydroxylation is 1. The molecule has 1 fully saturated rings. The maximum atomic E-state index is 12.5. The average Bonchev–Trinajstić information content (AvgIpc) is 2.53. The summed E-state index contributed by atoms with van der Waals surface area (Å²) >= 11 is 0. The number of carbonyl (C=O) groups is 1. The van der Waals surface area contributed by atoms with E-state index >= 15 is 0 Å². The molecule has 1 aliphatic heterocycles. The minimum absolute atomic E-state index is 0.00960. The van der Waals surface area contributed by atoms with Crippen LogP contribution in [0, 0.1) is 6.92 Å². The van der Waals surface area contributed by atoms with Crippen molar-refractivity contribution in [1.29, 1.82) is 0 Å². The van der Waals surface area contributed by atoms with Gasteiger partial charge in [0.1, 0.15) is 0 Å². The van der Waals surface area contributed by atoms with Crippen LogP contribution in [0.15, 0.2) is 18.2 Å². The Hall–Kier alpha value is -1.75. The zero-order chi connectivity index (χ0) is 16.1. The van der Waals surface area contributed by atoms with Crippen LogP contribution in [0.2, 0.25) is 0 Å². The van der Waals surface area contributed by atoms with Crippen molar-refractivity contribution >= 4 is 5.91 Å². The van der Waals surface area contributed by atoms with E-state index in [0.29, 0.717) is 11.5 Å². The van der Waals surface area contributed by atoms with Gasteiger partial charge in [0.2, 0.25) is 0 Å². The second kappa shape index (κ2) is 7.49. The molecule has 2 N–H and O–H groups in total. The summed E-state index contributed by atoms with van der Waals surface area (Å²) in [5.41, 5.74) is 7.10. The fraction of sp³-hybridized carbons (Fsp3) is 0.588. The van der Waals surface area contributed by atoms with Crippen LogP contribution < -0.4 is 15.2 Å². The van der Waals surface area contributed by atoms with E-state index < -0.39 is 0 Å². The molecule has 5 heteroatoms. The second-order valence-electron chi connectivity index (χ2n) is 5.95. The largest absolute Gasteiger partial charge is 0.493 e. The van der Waals surface area contributed by atoms with E-state index in [4.69, 9.17) is 15.2 Å². The molecule has 5 nitrogen and oxygen atoms in total. The quantitative estimate of drug-likeness (QED) is 0.905. The maximum Gasteiger partial charge on any atom is 0.260 e. The molecule has 0 aliphatic carbocycles. The number of carbonyl (C=O) groups excluding carboxylic acids is 1. The number of likely N-dealkylation sites (tertiary alicyclic amines) is 1. The first kappa shape index (κ1) is 16.6. The van der Waals surface area contributed by atoms with Crippen LogP contribution in [-0.4, -0.2) is 43.2 Å². The first-order chi connectivity index (χ1) is 10.5. The molecule has 0 aromatic heterocycles. The monoisotopic (exact) mass is 306 g/mol. The van der Waals surface area contributed by atoms with Gasteiger partial charge in [-0.05, 0) is 50.8 Å². The highest BCUT2D eigenvalue weighted by Gasteiger charge is 2.29. The molecular formula is C17H26N2O3. The van der Waals surface area contributed by atoms with Crippen molar-refractivity contribution in [3.05, 3.63) is 23.8 Å². The topological polar surface area (TPSA) is 64.8 Å². The number of benzene rings is 1. The molecular weight excluding hydrogens is 280 g/mol. The van der Waals surface area contributed by atoms with Gasteiger partial charge in [0.05, 0.1) is 7.11 Å². The maximum absolute atomic E-state index is 12.5. The molecule has 1 heterocycles. The molecule has 0 spiro atoms. The number of methoxy groups -OCH3 is 1.